The van der Waals surface area contributed by atoms with Gasteiger partial charge in [-0.25, -0.2) is 4.98 Å². The molecule has 0 bridgehead atoms. The van der Waals surface area contributed by atoms with Crippen molar-refractivity contribution in [2.45, 2.75) is 36.9 Å². The number of piperidine rings is 1. The topological polar surface area (TPSA) is 59.4 Å². The Morgan fingerprint density at radius 3 is 3.00 bits per heavy atom. The van der Waals surface area contributed by atoms with E-state index in [0.717, 1.165) is 62.9 Å². The normalized spacial score (nSPS) is 23.3. The van der Waals surface area contributed by atoms with Gasteiger partial charge >= 0.3 is 0 Å². The Kier molecular flexibility index (Phi) is 6.57. The predicted octanol–water partition coefficient (Wildman–Crippen LogP) is 1.52. The van der Waals surface area contributed by atoms with E-state index < -0.39 is 0 Å². The van der Waals surface area contributed by atoms with Crippen molar-refractivity contribution in [3.05, 3.63) is 12.4 Å². The number of aryl methyl sites for hydroxylation is 1. The molecule has 0 aliphatic carbocycles. The second kappa shape index (κ2) is 8.87. The first-order valence-electron chi connectivity index (χ1n) is 8.93. The van der Waals surface area contributed by atoms with Crippen LogP contribution in [0.25, 0.3) is 0 Å². The third-order valence-electron chi connectivity index (χ3n) is 4.94. The van der Waals surface area contributed by atoms with E-state index in [1.165, 1.54) is 0 Å². The van der Waals surface area contributed by atoms with Crippen molar-refractivity contribution in [1.29, 1.82) is 0 Å². The number of nitrogens with one attached hydrogen (secondary N) is 1. The SMILES string of the molecule is Cn1ccnc1SCCNC(=O)[C@H]1CCCN(C2CCOCC2)C1. The molecule has 0 aromatic carbocycles. The van der Waals surface area contributed by atoms with Crippen molar-refractivity contribution in [2.75, 3.05) is 38.6 Å². The molecule has 134 valence electrons. The van der Waals surface area contributed by atoms with Gasteiger partial charge in [-0.1, -0.05) is 11.8 Å². The number of nitrogens with zero attached hydrogens (tertiary/aromatic N) is 3. The average molecular weight is 353 g/mol. The molecule has 2 saturated heterocycles. The summed E-state index contributed by atoms with van der Waals surface area (Å²) < 4.78 is 7.45. The fraction of sp³-hybridized carbons (Fsp3) is 0.765. The van der Waals surface area contributed by atoms with Gasteiger partial charge in [0.25, 0.3) is 0 Å². The average Bonchev–Trinajstić information content (AvgIpc) is 3.04. The summed E-state index contributed by atoms with van der Waals surface area (Å²) in [7, 11) is 1.99. The molecule has 1 amide bonds. The minimum Gasteiger partial charge on any atom is -0.381 e. The number of amides is 1. The number of thioether (sulfide) groups is 1. The third kappa shape index (κ3) is 4.74. The van der Waals surface area contributed by atoms with Crippen molar-refractivity contribution in [3.63, 3.8) is 0 Å². The van der Waals surface area contributed by atoms with Crippen LogP contribution in [0.15, 0.2) is 17.6 Å². The Morgan fingerprint density at radius 1 is 1.42 bits per heavy atom. The molecule has 0 saturated carbocycles. The van der Waals surface area contributed by atoms with Crippen molar-refractivity contribution < 1.29 is 9.53 Å². The van der Waals surface area contributed by atoms with Crippen LogP contribution in [0, 0.1) is 5.92 Å². The number of aromatic nitrogens is 2. The lowest BCUT2D eigenvalue weighted by Gasteiger charge is -2.39. The number of imidazole rings is 1. The van der Waals surface area contributed by atoms with Crippen molar-refractivity contribution in [3.8, 4) is 0 Å². The van der Waals surface area contributed by atoms with E-state index in [2.05, 4.69) is 15.2 Å². The first-order valence-corrected chi connectivity index (χ1v) is 9.92. The van der Waals surface area contributed by atoms with E-state index in [4.69, 9.17) is 4.74 Å². The summed E-state index contributed by atoms with van der Waals surface area (Å²) in [6.07, 6.45) is 8.08. The number of carbonyl (C=O) groups excluding carboxylic acids is 1. The van der Waals surface area contributed by atoms with Crippen molar-refractivity contribution in [1.82, 2.24) is 19.8 Å². The first-order chi connectivity index (χ1) is 11.7. The highest BCUT2D eigenvalue weighted by atomic mass is 32.2. The number of hydrogen-bond donors (Lipinski definition) is 1. The van der Waals surface area contributed by atoms with Gasteiger partial charge in [-0.05, 0) is 32.2 Å². The fourth-order valence-corrected chi connectivity index (χ4v) is 4.34. The number of rotatable bonds is 6. The first kappa shape index (κ1) is 17.8. The summed E-state index contributed by atoms with van der Waals surface area (Å²) in [5, 5.41) is 4.10. The summed E-state index contributed by atoms with van der Waals surface area (Å²) in [6.45, 7) is 4.46. The standard InChI is InChI=1S/C17H28N4O2S/c1-20-9-6-19-17(20)24-12-7-18-16(22)14-3-2-8-21(13-14)15-4-10-23-11-5-15/h6,9,14-15H,2-5,7-8,10-13H2,1H3,(H,18,22)/t14-/m0/s1. The molecule has 6 nitrogen and oxygen atoms in total. The van der Waals surface area contributed by atoms with E-state index in [9.17, 15) is 4.79 Å². The molecule has 1 aromatic rings. The van der Waals surface area contributed by atoms with Crippen LogP contribution in [0.5, 0.6) is 0 Å². The highest BCUT2D eigenvalue weighted by Gasteiger charge is 2.30. The quantitative estimate of drug-likeness (QED) is 0.621. The van der Waals surface area contributed by atoms with Gasteiger partial charge in [-0.15, -0.1) is 0 Å². The maximum atomic E-state index is 12.5. The molecule has 3 heterocycles. The largest absolute Gasteiger partial charge is 0.381 e. The molecule has 1 N–H and O–H groups in total. The number of likely N-dealkylation sites (tertiary alicyclic amines) is 1. The maximum absolute atomic E-state index is 12.5. The van der Waals surface area contributed by atoms with Gasteiger partial charge in [0.1, 0.15) is 0 Å². The van der Waals surface area contributed by atoms with Gasteiger partial charge in [0.15, 0.2) is 5.16 Å². The zero-order valence-electron chi connectivity index (χ0n) is 14.4. The number of ether oxygens (including phenoxy) is 1. The van der Waals surface area contributed by atoms with E-state index in [0.29, 0.717) is 12.6 Å². The third-order valence-corrected chi connectivity index (χ3v) is 6.00. The van der Waals surface area contributed by atoms with E-state index in [-0.39, 0.29) is 11.8 Å². The Morgan fingerprint density at radius 2 is 2.25 bits per heavy atom. The smallest absolute Gasteiger partial charge is 0.224 e. The Balaban J connectivity index is 1.38. The molecular weight excluding hydrogens is 324 g/mol. The van der Waals surface area contributed by atoms with Gasteiger partial charge < -0.3 is 14.6 Å². The summed E-state index contributed by atoms with van der Waals surface area (Å²) in [6, 6.07) is 0.605. The predicted molar refractivity (Wildman–Crippen MR) is 95.1 cm³/mol. The summed E-state index contributed by atoms with van der Waals surface area (Å²) in [4.78, 5) is 19.3. The second-order valence-corrected chi connectivity index (χ2v) is 7.70. The molecular formula is C17H28N4O2S. The van der Waals surface area contributed by atoms with Crippen LogP contribution in [-0.4, -0.2) is 65.0 Å². The Labute approximate surface area is 148 Å². The number of carbonyl (C=O) groups is 1. The van der Waals surface area contributed by atoms with Crippen LogP contribution < -0.4 is 5.32 Å². The van der Waals surface area contributed by atoms with E-state index >= 15 is 0 Å². The molecule has 2 aliphatic heterocycles. The van der Waals surface area contributed by atoms with Crippen LogP contribution in [0.1, 0.15) is 25.7 Å². The number of hydrogen-bond acceptors (Lipinski definition) is 5. The molecule has 1 atom stereocenters. The summed E-state index contributed by atoms with van der Waals surface area (Å²) in [5.41, 5.74) is 0. The summed E-state index contributed by atoms with van der Waals surface area (Å²) in [5.74, 6) is 1.21. The minimum absolute atomic E-state index is 0.139. The molecule has 2 fully saturated rings. The van der Waals surface area contributed by atoms with Crippen LogP contribution >= 0.6 is 11.8 Å². The molecule has 0 radical (unpaired) electrons. The van der Waals surface area contributed by atoms with Gasteiger partial charge in [0.2, 0.25) is 5.91 Å². The second-order valence-electron chi connectivity index (χ2n) is 6.64. The highest BCUT2D eigenvalue weighted by Crippen LogP contribution is 2.23. The van der Waals surface area contributed by atoms with Gasteiger partial charge in [-0.2, -0.15) is 0 Å². The Bertz CT molecular complexity index is 530. The fourth-order valence-electron chi connectivity index (χ4n) is 3.55. The summed E-state index contributed by atoms with van der Waals surface area (Å²) >= 11 is 1.68. The van der Waals surface area contributed by atoms with Gasteiger partial charge in [0.05, 0.1) is 5.92 Å². The molecule has 1 aromatic heterocycles. The van der Waals surface area contributed by atoms with Crippen molar-refractivity contribution in [2.24, 2.45) is 13.0 Å². The molecule has 0 unspecified atom stereocenters. The van der Waals surface area contributed by atoms with Crippen LogP contribution in [0.2, 0.25) is 0 Å². The van der Waals surface area contributed by atoms with Crippen LogP contribution in [-0.2, 0) is 16.6 Å². The lowest BCUT2D eigenvalue weighted by atomic mass is 9.94. The molecule has 7 heteroatoms. The maximum Gasteiger partial charge on any atom is 0.224 e. The monoisotopic (exact) mass is 352 g/mol. The molecule has 3 rings (SSSR count). The molecule has 2 aliphatic rings. The zero-order chi connectivity index (χ0) is 16.8. The van der Waals surface area contributed by atoms with E-state index in [1.54, 1.807) is 18.0 Å². The van der Waals surface area contributed by atoms with Crippen molar-refractivity contribution >= 4 is 17.7 Å². The zero-order valence-corrected chi connectivity index (χ0v) is 15.3. The molecule has 0 spiro atoms. The van der Waals surface area contributed by atoms with Gasteiger partial charge in [0, 0.05) is 57.5 Å². The lowest BCUT2D eigenvalue weighted by molar-refractivity contribution is -0.127. The van der Waals surface area contributed by atoms with Crippen LogP contribution in [0.3, 0.4) is 0 Å². The highest BCUT2D eigenvalue weighted by molar-refractivity contribution is 7.99. The Hall–Kier alpha value is -1.05. The van der Waals surface area contributed by atoms with E-state index in [1.807, 2.05) is 17.8 Å². The molecule has 24 heavy (non-hydrogen) atoms. The van der Waals surface area contributed by atoms with Crippen LogP contribution in [0.4, 0.5) is 0 Å². The lowest BCUT2D eigenvalue weighted by Crippen LogP contribution is -2.48. The van der Waals surface area contributed by atoms with Gasteiger partial charge in [-0.3, -0.25) is 9.69 Å². The minimum atomic E-state index is 0.139.